The summed E-state index contributed by atoms with van der Waals surface area (Å²) in [4.78, 5) is 19.2. The molecule has 0 aliphatic heterocycles. The molecule has 0 fully saturated rings. The van der Waals surface area contributed by atoms with Crippen molar-refractivity contribution in [3.8, 4) is 0 Å². The Morgan fingerprint density at radius 3 is 2.67 bits per heavy atom. The van der Waals surface area contributed by atoms with Gasteiger partial charge in [0.05, 0.1) is 0 Å². The van der Waals surface area contributed by atoms with Crippen molar-refractivity contribution in [1.29, 1.82) is 0 Å². The summed E-state index contributed by atoms with van der Waals surface area (Å²) in [7, 11) is 0. The van der Waals surface area contributed by atoms with E-state index in [0.29, 0.717) is 11.7 Å². The summed E-state index contributed by atoms with van der Waals surface area (Å²) >= 11 is 1.66. The van der Waals surface area contributed by atoms with Crippen LogP contribution in [0.4, 0.5) is 0 Å². The number of Topliss-reactive ketones (excluding diaryl/α,β-unsaturated/α-hetero) is 1. The van der Waals surface area contributed by atoms with E-state index in [9.17, 15) is 4.79 Å². The monoisotopic (exact) mass is 224 g/mol. The molecule has 0 radical (unpaired) electrons. The topological polar surface area (TPSA) is 42.9 Å². The second-order valence-corrected chi connectivity index (χ2v) is 4.69. The van der Waals surface area contributed by atoms with Gasteiger partial charge in [-0.2, -0.15) is 0 Å². The molecule has 0 saturated heterocycles. The summed E-state index contributed by atoms with van der Waals surface area (Å²) in [6.45, 7) is 3.76. The summed E-state index contributed by atoms with van der Waals surface area (Å²) in [5.41, 5.74) is 0. The smallest absolute Gasteiger partial charge is 0.187 e. The first-order chi connectivity index (χ1) is 7.22. The molecule has 0 amide bonds. The van der Waals surface area contributed by atoms with Gasteiger partial charge in [-0.1, -0.05) is 18.7 Å². The Morgan fingerprint density at radius 1 is 1.47 bits per heavy atom. The Balaban J connectivity index is 2.43. The molecule has 4 heteroatoms. The molecule has 0 bridgehead atoms. The normalized spacial score (nSPS) is 12.4. The van der Waals surface area contributed by atoms with Gasteiger partial charge in [0.25, 0.3) is 0 Å². The van der Waals surface area contributed by atoms with Crippen LogP contribution in [0.25, 0.3) is 0 Å². The standard InChI is InChI=1S/C11H16N2OS/c1-3-10(6-5-9(2)14)15-11-12-7-4-8-13-11/h4,7-8,10H,3,5-6H2,1-2H3. The maximum absolute atomic E-state index is 10.9. The van der Waals surface area contributed by atoms with Gasteiger partial charge >= 0.3 is 0 Å². The number of hydrogen-bond acceptors (Lipinski definition) is 4. The van der Waals surface area contributed by atoms with Crippen LogP contribution in [0.1, 0.15) is 33.1 Å². The quantitative estimate of drug-likeness (QED) is 0.550. The summed E-state index contributed by atoms with van der Waals surface area (Å²) in [6.07, 6.45) is 6.09. The first-order valence-electron chi connectivity index (χ1n) is 5.15. The highest BCUT2D eigenvalue weighted by molar-refractivity contribution is 7.99. The lowest BCUT2D eigenvalue weighted by molar-refractivity contribution is -0.117. The third-order valence-electron chi connectivity index (χ3n) is 2.09. The van der Waals surface area contributed by atoms with Crippen molar-refractivity contribution >= 4 is 17.5 Å². The van der Waals surface area contributed by atoms with E-state index in [0.717, 1.165) is 18.0 Å². The number of ketones is 1. The molecule has 0 N–H and O–H groups in total. The third kappa shape index (κ3) is 4.93. The van der Waals surface area contributed by atoms with E-state index in [-0.39, 0.29) is 5.78 Å². The van der Waals surface area contributed by atoms with Gasteiger partial charge in [-0.3, -0.25) is 0 Å². The molecule has 0 spiro atoms. The Labute approximate surface area is 94.7 Å². The Morgan fingerprint density at radius 2 is 2.13 bits per heavy atom. The fourth-order valence-electron chi connectivity index (χ4n) is 1.21. The lowest BCUT2D eigenvalue weighted by atomic mass is 10.1. The molecule has 0 aliphatic rings. The van der Waals surface area contributed by atoms with Crippen LogP contribution >= 0.6 is 11.8 Å². The number of rotatable bonds is 6. The highest BCUT2D eigenvalue weighted by Crippen LogP contribution is 2.24. The average Bonchev–Trinajstić information content (AvgIpc) is 2.25. The lowest BCUT2D eigenvalue weighted by Gasteiger charge is -2.11. The van der Waals surface area contributed by atoms with E-state index in [2.05, 4.69) is 16.9 Å². The minimum absolute atomic E-state index is 0.253. The SMILES string of the molecule is CCC(CCC(C)=O)Sc1ncccn1. The molecular weight excluding hydrogens is 208 g/mol. The predicted octanol–water partition coefficient (Wildman–Crippen LogP) is 2.72. The van der Waals surface area contributed by atoms with Crippen LogP contribution in [0, 0.1) is 0 Å². The van der Waals surface area contributed by atoms with Crippen LogP contribution in [-0.4, -0.2) is 21.0 Å². The van der Waals surface area contributed by atoms with Crippen LogP contribution in [0.5, 0.6) is 0 Å². The van der Waals surface area contributed by atoms with Gasteiger partial charge in [-0.15, -0.1) is 0 Å². The largest absolute Gasteiger partial charge is 0.300 e. The van der Waals surface area contributed by atoms with Gasteiger partial charge in [0.2, 0.25) is 0 Å². The fraction of sp³-hybridized carbons (Fsp3) is 0.545. The number of thioether (sulfide) groups is 1. The predicted molar refractivity (Wildman–Crippen MR) is 61.9 cm³/mol. The minimum Gasteiger partial charge on any atom is -0.300 e. The van der Waals surface area contributed by atoms with Crippen LogP contribution in [0.3, 0.4) is 0 Å². The van der Waals surface area contributed by atoms with Gasteiger partial charge in [-0.25, -0.2) is 9.97 Å². The molecule has 82 valence electrons. The van der Waals surface area contributed by atoms with Crippen molar-refractivity contribution in [3.05, 3.63) is 18.5 Å². The molecule has 1 heterocycles. The first-order valence-corrected chi connectivity index (χ1v) is 6.03. The Hall–Kier alpha value is -0.900. The minimum atomic E-state index is 0.253. The van der Waals surface area contributed by atoms with Crippen LogP contribution in [0.2, 0.25) is 0 Å². The Kier molecular flexibility index (Phi) is 5.32. The number of hydrogen-bond donors (Lipinski definition) is 0. The van der Waals surface area contributed by atoms with E-state index in [1.165, 1.54) is 0 Å². The van der Waals surface area contributed by atoms with E-state index in [1.807, 2.05) is 0 Å². The third-order valence-corrected chi connectivity index (χ3v) is 3.41. The number of carbonyl (C=O) groups excluding carboxylic acids is 1. The summed E-state index contributed by atoms with van der Waals surface area (Å²) in [5, 5.41) is 1.24. The Bertz CT molecular complexity index is 303. The number of carbonyl (C=O) groups is 1. The highest BCUT2D eigenvalue weighted by atomic mass is 32.2. The van der Waals surface area contributed by atoms with E-state index in [4.69, 9.17) is 0 Å². The van der Waals surface area contributed by atoms with E-state index in [1.54, 1.807) is 37.1 Å². The first kappa shape index (κ1) is 12.2. The van der Waals surface area contributed by atoms with Crippen molar-refractivity contribution in [2.24, 2.45) is 0 Å². The van der Waals surface area contributed by atoms with Gasteiger partial charge in [0, 0.05) is 24.1 Å². The van der Waals surface area contributed by atoms with E-state index >= 15 is 0 Å². The average molecular weight is 224 g/mol. The molecule has 0 aliphatic carbocycles. The molecule has 1 aromatic heterocycles. The van der Waals surface area contributed by atoms with Crippen molar-refractivity contribution in [2.45, 2.75) is 43.5 Å². The second-order valence-electron chi connectivity index (χ2n) is 3.42. The second kappa shape index (κ2) is 6.56. The van der Waals surface area contributed by atoms with Crippen LogP contribution in [-0.2, 0) is 4.79 Å². The van der Waals surface area contributed by atoms with Gasteiger partial charge in [0.15, 0.2) is 5.16 Å². The molecule has 3 nitrogen and oxygen atoms in total. The maximum Gasteiger partial charge on any atom is 0.187 e. The lowest BCUT2D eigenvalue weighted by Crippen LogP contribution is -2.04. The highest BCUT2D eigenvalue weighted by Gasteiger charge is 2.10. The van der Waals surface area contributed by atoms with Gasteiger partial charge in [-0.05, 0) is 25.8 Å². The maximum atomic E-state index is 10.9. The number of aromatic nitrogens is 2. The summed E-state index contributed by atoms with van der Waals surface area (Å²) < 4.78 is 0. The zero-order valence-corrected chi connectivity index (χ0v) is 9.96. The summed E-state index contributed by atoms with van der Waals surface area (Å²) in [5.74, 6) is 0.253. The van der Waals surface area contributed by atoms with Crippen molar-refractivity contribution in [2.75, 3.05) is 0 Å². The molecular formula is C11H16N2OS. The zero-order valence-electron chi connectivity index (χ0n) is 9.14. The zero-order chi connectivity index (χ0) is 11.1. The molecule has 1 atom stereocenters. The fourth-order valence-corrected chi connectivity index (χ4v) is 2.15. The molecule has 15 heavy (non-hydrogen) atoms. The molecule has 0 saturated carbocycles. The molecule has 0 aromatic carbocycles. The molecule has 1 aromatic rings. The van der Waals surface area contributed by atoms with Crippen LogP contribution < -0.4 is 0 Å². The van der Waals surface area contributed by atoms with Gasteiger partial charge in [0.1, 0.15) is 5.78 Å². The van der Waals surface area contributed by atoms with Crippen LogP contribution in [0.15, 0.2) is 23.6 Å². The van der Waals surface area contributed by atoms with Crippen molar-refractivity contribution in [3.63, 3.8) is 0 Å². The molecule has 1 unspecified atom stereocenters. The van der Waals surface area contributed by atoms with Crippen molar-refractivity contribution < 1.29 is 4.79 Å². The molecule has 1 rings (SSSR count). The van der Waals surface area contributed by atoms with Crippen molar-refractivity contribution in [1.82, 2.24) is 9.97 Å². The number of nitrogens with zero attached hydrogens (tertiary/aromatic N) is 2. The summed E-state index contributed by atoms with van der Waals surface area (Å²) in [6, 6.07) is 1.81. The van der Waals surface area contributed by atoms with E-state index < -0.39 is 0 Å². The van der Waals surface area contributed by atoms with Gasteiger partial charge < -0.3 is 4.79 Å².